The highest BCUT2D eigenvalue weighted by Crippen LogP contribution is 2.35. The molecule has 3 fully saturated rings. The largest absolute Gasteiger partial charge is 0.375 e. The molecule has 3 rings (SSSR count). The van der Waals surface area contributed by atoms with E-state index in [0.29, 0.717) is 30.4 Å². The summed E-state index contributed by atoms with van der Waals surface area (Å²) in [7, 11) is 2.24. The zero-order valence-electron chi connectivity index (χ0n) is 21.1. The lowest BCUT2D eigenvalue weighted by atomic mass is 9.97. The molecule has 0 N–H and O–H groups in total. The van der Waals surface area contributed by atoms with Crippen molar-refractivity contribution in [3.05, 3.63) is 0 Å². The second kappa shape index (κ2) is 9.74. The van der Waals surface area contributed by atoms with Crippen LogP contribution in [0.25, 0.3) is 0 Å². The van der Waals surface area contributed by atoms with Crippen LogP contribution in [0.4, 0.5) is 0 Å². The first kappa shape index (κ1) is 24.4. The molecule has 1 saturated carbocycles. The third kappa shape index (κ3) is 5.98. The van der Waals surface area contributed by atoms with Gasteiger partial charge in [-0.2, -0.15) is 0 Å². The van der Waals surface area contributed by atoms with Crippen LogP contribution in [0.2, 0.25) is 0 Å². The van der Waals surface area contributed by atoms with Gasteiger partial charge in [0.05, 0.1) is 24.9 Å². The molecule has 2 saturated heterocycles. The topological polar surface area (TPSA) is 28.2 Å². The van der Waals surface area contributed by atoms with Crippen molar-refractivity contribution in [2.75, 3.05) is 39.8 Å². The molecule has 0 radical (unpaired) electrons. The van der Waals surface area contributed by atoms with Crippen molar-refractivity contribution in [1.29, 1.82) is 0 Å². The molecule has 3 atom stereocenters. The fourth-order valence-electron chi connectivity index (χ4n) is 5.76. The molecule has 2 unspecified atom stereocenters. The van der Waals surface area contributed by atoms with Crippen molar-refractivity contribution in [3.63, 3.8) is 0 Å². The van der Waals surface area contributed by atoms with Crippen molar-refractivity contribution in [2.45, 2.75) is 122 Å². The van der Waals surface area contributed by atoms with E-state index in [-0.39, 0.29) is 11.1 Å². The van der Waals surface area contributed by atoms with Gasteiger partial charge in [0.15, 0.2) is 0 Å². The molecule has 30 heavy (non-hydrogen) atoms. The quantitative estimate of drug-likeness (QED) is 0.501. The molecule has 2 heterocycles. The molecule has 0 bridgehead atoms. The average molecular weight is 424 g/mol. The number of hydrogen-bond donors (Lipinski definition) is 0. The normalized spacial score (nSPS) is 30.8. The maximum Gasteiger partial charge on any atom is 0.0766 e. The molecule has 5 heteroatoms. The molecular weight excluding hydrogens is 374 g/mol. The van der Waals surface area contributed by atoms with Crippen molar-refractivity contribution in [1.82, 2.24) is 14.7 Å². The highest BCUT2D eigenvalue weighted by Gasteiger charge is 2.43. The van der Waals surface area contributed by atoms with Gasteiger partial charge < -0.3 is 14.4 Å². The molecular formula is C25H49N3O2. The van der Waals surface area contributed by atoms with Gasteiger partial charge >= 0.3 is 0 Å². The van der Waals surface area contributed by atoms with Crippen LogP contribution in [-0.2, 0) is 9.47 Å². The number of hydrogen-bond acceptors (Lipinski definition) is 5. The molecule has 2 aliphatic heterocycles. The Morgan fingerprint density at radius 3 is 2.40 bits per heavy atom. The molecule has 0 amide bonds. The smallest absolute Gasteiger partial charge is 0.0766 e. The Balaban J connectivity index is 1.37. The second-order valence-electron chi connectivity index (χ2n) is 11.6. The van der Waals surface area contributed by atoms with Gasteiger partial charge in [0.25, 0.3) is 0 Å². The lowest BCUT2D eigenvalue weighted by Crippen LogP contribution is -2.49. The van der Waals surface area contributed by atoms with Crippen molar-refractivity contribution >= 4 is 0 Å². The van der Waals surface area contributed by atoms with Gasteiger partial charge in [-0.1, -0.05) is 0 Å². The summed E-state index contributed by atoms with van der Waals surface area (Å²) in [5, 5.41) is 0. The highest BCUT2D eigenvalue weighted by atomic mass is 16.5. The van der Waals surface area contributed by atoms with Gasteiger partial charge in [0, 0.05) is 42.8 Å². The Kier molecular flexibility index (Phi) is 7.94. The van der Waals surface area contributed by atoms with E-state index in [1.165, 1.54) is 25.7 Å². The summed E-state index contributed by atoms with van der Waals surface area (Å²) in [4.78, 5) is 7.72. The number of nitrogens with zero attached hydrogens (tertiary/aromatic N) is 3. The third-order valence-electron chi connectivity index (χ3n) is 7.90. The van der Waals surface area contributed by atoms with Gasteiger partial charge in [-0.05, 0) is 94.2 Å². The SMILES string of the molecule is CC1CC(OC2CC2)CN1C(C)(C)CCN(C)CCO[C@H]1CCN(C(C)C)C1(C)C. The van der Waals surface area contributed by atoms with Gasteiger partial charge in [0.2, 0.25) is 0 Å². The van der Waals surface area contributed by atoms with E-state index in [0.717, 1.165) is 39.2 Å². The van der Waals surface area contributed by atoms with Crippen LogP contribution < -0.4 is 0 Å². The van der Waals surface area contributed by atoms with Gasteiger partial charge in [-0.15, -0.1) is 0 Å². The first-order valence-corrected chi connectivity index (χ1v) is 12.5. The van der Waals surface area contributed by atoms with E-state index in [9.17, 15) is 0 Å². The highest BCUT2D eigenvalue weighted by molar-refractivity contribution is 4.98. The summed E-state index contributed by atoms with van der Waals surface area (Å²) in [6.07, 6.45) is 7.42. The molecule has 0 aromatic carbocycles. The Bertz CT molecular complexity index is 547. The molecule has 176 valence electrons. The third-order valence-corrected chi connectivity index (χ3v) is 7.90. The summed E-state index contributed by atoms with van der Waals surface area (Å²) < 4.78 is 12.6. The second-order valence-corrected chi connectivity index (χ2v) is 11.6. The van der Waals surface area contributed by atoms with Gasteiger partial charge in [-0.3, -0.25) is 9.80 Å². The van der Waals surface area contributed by atoms with Crippen LogP contribution in [0, 0.1) is 0 Å². The molecule has 5 nitrogen and oxygen atoms in total. The summed E-state index contributed by atoms with van der Waals surface area (Å²) in [5.74, 6) is 0. The van der Waals surface area contributed by atoms with Gasteiger partial charge in [0.1, 0.15) is 0 Å². The van der Waals surface area contributed by atoms with Crippen molar-refractivity contribution < 1.29 is 9.47 Å². The summed E-state index contributed by atoms with van der Waals surface area (Å²) in [6, 6.07) is 1.20. The van der Waals surface area contributed by atoms with E-state index >= 15 is 0 Å². The summed E-state index contributed by atoms with van der Waals surface area (Å²) in [5.41, 5.74) is 0.348. The predicted octanol–water partition coefficient (Wildman–Crippen LogP) is 4.01. The number of ether oxygens (including phenoxy) is 2. The number of likely N-dealkylation sites (N-methyl/N-ethyl adjacent to an activating group) is 1. The zero-order valence-corrected chi connectivity index (χ0v) is 21.1. The van der Waals surface area contributed by atoms with Crippen LogP contribution in [-0.4, -0.2) is 96.0 Å². The Hall–Kier alpha value is -0.200. The van der Waals surface area contributed by atoms with E-state index in [4.69, 9.17) is 9.47 Å². The first-order chi connectivity index (χ1) is 14.0. The molecule has 0 aromatic heterocycles. The van der Waals surface area contributed by atoms with E-state index in [1.807, 2.05) is 0 Å². The molecule has 0 aromatic rings. The van der Waals surface area contributed by atoms with Crippen LogP contribution in [0.3, 0.4) is 0 Å². The van der Waals surface area contributed by atoms with Crippen LogP contribution in [0.1, 0.15) is 80.6 Å². The summed E-state index contributed by atoms with van der Waals surface area (Å²) >= 11 is 0. The Morgan fingerprint density at radius 2 is 1.80 bits per heavy atom. The minimum Gasteiger partial charge on any atom is -0.375 e. The first-order valence-electron chi connectivity index (χ1n) is 12.5. The monoisotopic (exact) mass is 423 g/mol. The number of rotatable bonds is 11. The van der Waals surface area contributed by atoms with Crippen LogP contribution in [0.15, 0.2) is 0 Å². The van der Waals surface area contributed by atoms with Crippen molar-refractivity contribution in [3.8, 4) is 0 Å². The lowest BCUT2D eigenvalue weighted by molar-refractivity contribution is -0.0248. The maximum absolute atomic E-state index is 6.36. The zero-order chi connectivity index (χ0) is 22.1. The molecule has 3 aliphatic rings. The minimum absolute atomic E-state index is 0.139. The predicted molar refractivity (Wildman–Crippen MR) is 125 cm³/mol. The fourth-order valence-corrected chi connectivity index (χ4v) is 5.76. The lowest BCUT2D eigenvalue weighted by Gasteiger charge is -2.40. The fraction of sp³-hybridized carbons (Fsp3) is 1.00. The summed E-state index contributed by atoms with van der Waals surface area (Å²) in [6.45, 7) is 21.7. The maximum atomic E-state index is 6.36. The standard InChI is InChI=1S/C25H49N3O2/c1-19(2)27-13-11-23(25(27,6)7)29-16-15-26(8)14-12-24(4,5)28-18-22(17-20(28)3)30-21-9-10-21/h19-23H,9-18H2,1-8H3/t20?,22?,23-/m0/s1. The van der Waals surface area contributed by atoms with Crippen molar-refractivity contribution in [2.24, 2.45) is 0 Å². The van der Waals surface area contributed by atoms with E-state index < -0.39 is 0 Å². The van der Waals surface area contributed by atoms with Crippen LogP contribution >= 0.6 is 0 Å². The molecule has 1 aliphatic carbocycles. The van der Waals surface area contributed by atoms with E-state index in [2.05, 4.69) is 70.2 Å². The minimum atomic E-state index is 0.139. The Morgan fingerprint density at radius 1 is 1.10 bits per heavy atom. The number of likely N-dealkylation sites (tertiary alicyclic amines) is 2. The molecule has 0 spiro atoms. The van der Waals surface area contributed by atoms with E-state index in [1.54, 1.807) is 0 Å². The Labute approximate surface area is 186 Å². The average Bonchev–Trinajstić information content (AvgIpc) is 3.29. The van der Waals surface area contributed by atoms with Crippen LogP contribution in [0.5, 0.6) is 0 Å². The van der Waals surface area contributed by atoms with Gasteiger partial charge in [-0.25, -0.2) is 0 Å².